The number of hydrogen-bond acceptors (Lipinski definition) is 5. The molecule has 2 aromatic rings. The van der Waals surface area contributed by atoms with Crippen molar-refractivity contribution in [2.45, 2.75) is 26.7 Å². The summed E-state index contributed by atoms with van der Waals surface area (Å²) in [5.41, 5.74) is 5.35. The molecule has 116 valence electrons. The first-order valence-electron chi connectivity index (χ1n) is 6.93. The molecule has 1 atom stereocenters. The van der Waals surface area contributed by atoms with Crippen LogP contribution in [0.1, 0.15) is 35.0 Å². The van der Waals surface area contributed by atoms with Gasteiger partial charge in [0.05, 0.1) is 10.9 Å². The monoisotopic (exact) mass is 303 g/mol. The summed E-state index contributed by atoms with van der Waals surface area (Å²) in [6.45, 7) is 3.40. The Bertz CT molecular complexity index is 806. The number of carbonyl (C=O) groups is 2. The van der Waals surface area contributed by atoms with Gasteiger partial charge in [-0.15, -0.1) is 0 Å². The Morgan fingerprint density at radius 3 is 2.68 bits per heavy atom. The summed E-state index contributed by atoms with van der Waals surface area (Å²) >= 11 is 0. The van der Waals surface area contributed by atoms with Gasteiger partial charge in [-0.05, 0) is 31.9 Å². The second kappa shape index (κ2) is 6.01. The maximum atomic E-state index is 12.6. The normalized spacial score (nSPS) is 12.3. The summed E-state index contributed by atoms with van der Waals surface area (Å²) in [5.74, 6) is -0.866. The third-order valence-electron chi connectivity index (χ3n) is 3.84. The van der Waals surface area contributed by atoms with Crippen molar-refractivity contribution in [3.05, 3.63) is 39.2 Å². The number of aromatic hydroxyl groups is 1. The average molecular weight is 303 g/mol. The Hall–Kier alpha value is -2.63. The molecule has 1 unspecified atom stereocenters. The molecule has 0 saturated carbocycles. The molecule has 0 fully saturated rings. The molecule has 3 N–H and O–H groups in total. The SMILES string of the molecule is CCC(Cc1c(C)oc2c(C=O)c(O)ccc2c1=O)C(N)=O. The van der Waals surface area contributed by atoms with Gasteiger partial charge in [-0.1, -0.05) is 6.92 Å². The fraction of sp³-hybridized carbons (Fsp3) is 0.312. The van der Waals surface area contributed by atoms with Gasteiger partial charge in [0, 0.05) is 11.5 Å². The highest BCUT2D eigenvalue weighted by molar-refractivity contribution is 5.97. The van der Waals surface area contributed by atoms with E-state index >= 15 is 0 Å². The fourth-order valence-electron chi connectivity index (χ4n) is 2.46. The van der Waals surface area contributed by atoms with Crippen molar-refractivity contribution in [1.29, 1.82) is 0 Å². The third-order valence-corrected chi connectivity index (χ3v) is 3.84. The fourth-order valence-corrected chi connectivity index (χ4v) is 2.46. The van der Waals surface area contributed by atoms with Gasteiger partial charge in [0.25, 0.3) is 0 Å². The number of benzene rings is 1. The lowest BCUT2D eigenvalue weighted by Gasteiger charge is -2.13. The first-order chi connectivity index (χ1) is 10.4. The molecule has 0 aliphatic heterocycles. The molecular weight excluding hydrogens is 286 g/mol. The van der Waals surface area contributed by atoms with Crippen molar-refractivity contribution in [3.8, 4) is 5.75 Å². The summed E-state index contributed by atoms with van der Waals surface area (Å²) in [6, 6.07) is 2.67. The summed E-state index contributed by atoms with van der Waals surface area (Å²) in [5, 5.41) is 9.86. The van der Waals surface area contributed by atoms with Gasteiger partial charge in [-0.25, -0.2) is 0 Å². The van der Waals surface area contributed by atoms with Crippen LogP contribution in [0.3, 0.4) is 0 Å². The predicted molar refractivity (Wildman–Crippen MR) is 81.0 cm³/mol. The minimum Gasteiger partial charge on any atom is -0.507 e. The van der Waals surface area contributed by atoms with Gasteiger partial charge in [-0.3, -0.25) is 14.4 Å². The predicted octanol–water partition coefficient (Wildman–Crippen LogP) is 1.67. The molecule has 0 saturated heterocycles. The number of carbonyl (C=O) groups excluding carboxylic acids is 2. The van der Waals surface area contributed by atoms with Crippen LogP contribution in [0.5, 0.6) is 5.75 Å². The Morgan fingerprint density at radius 1 is 1.45 bits per heavy atom. The minimum atomic E-state index is -0.472. The summed E-state index contributed by atoms with van der Waals surface area (Å²) in [6.07, 6.45) is 1.15. The van der Waals surface area contributed by atoms with Crippen LogP contribution >= 0.6 is 0 Å². The lowest BCUT2D eigenvalue weighted by molar-refractivity contribution is -0.121. The molecule has 2 rings (SSSR count). The first kappa shape index (κ1) is 15.8. The summed E-state index contributed by atoms with van der Waals surface area (Å²) < 4.78 is 5.56. The van der Waals surface area contributed by atoms with Crippen LogP contribution in [0.15, 0.2) is 21.3 Å². The molecule has 1 heterocycles. The van der Waals surface area contributed by atoms with Crippen molar-refractivity contribution >= 4 is 23.2 Å². The average Bonchev–Trinajstić information content (AvgIpc) is 2.46. The Morgan fingerprint density at radius 2 is 2.14 bits per heavy atom. The van der Waals surface area contributed by atoms with Crippen LogP contribution in [-0.4, -0.2) is 17.3 Å². The van der Waals surface area contributed by atoms with Crippen molar-refractivity contribution in [2.75, 3.05) is 0 Å². The molecule has 1 aromatic carbocycles. The van der Waals surface area contributed by atoms with Gasteiger partial charge in [0.1, 0.15) is 11.5 Å². The number of amides is 1. The largest absolute Gasteiger partial charge is 0.507 e. The Labute approximate surface area is 126 Å². The second-order valence-corrected chi connectivity index (χ2v) is 5.17. The quantitative estimate of drug-likeness (QED) is 0.816. The van der Waals surface area contributed by atoms with Crippen LogP contribution in [0.25, 0.3) is 11.0 Å². The smallest absolute Gasteiger partial charge is 0.220 e. The summed E-state index contributed by atoms with van der Waals surface area (Å²) in [7, 11) is 0. The maximum Gasteiger partial charge on any atom is 0.220 e. The van der Waals surface area contributed by atoms with Crippen molar-refractivity contribution in [2.24, 2.45) is 11.7 Å². The highest BCUT2D eigenvalue weighted by Gasteiger charge is 2.21. The summed E-state index contributed by atoms with van der Waals surface area (Å²) in [4.78, 5) is 35.0. The second-order valence-electron chi connectivity index (χ2n) is 5.17. The number of hydrogen-bond donors (Lipinski definition) is 2. The first-order valence-corrected chi connectivity index (χ1v) is 6.93. The maximum absolute atomic E-state index is 12.6. The van der Waals surface area contributed by atoms with E-state index in [1.807, 2.05) is 6.92 Å². The van der Waals surface area contributed by atoms with Gasteiger partial charge in [0.2, 0.25) is 5.91 Å². The van der Waals surface area contributed by atoms with E-state index < -0.39 is 11.8 Å². The van der Waals surface area contributed by atoms with Gasteiger partial charge in [0.15, 0.2) is 17.3 Å². The van der Waals surface area contributed by atoms with E-state index in [9.17, 15) is 19.5 Å². The minimum absolute atomic E-state index is 0.0494. The number of rotatable bonds is 5. The number of fused-ring (bicyclic) bond motifs is 1. The van der Waals surface area contributed by atoms with Crippen molar-refractivity contribution in [3.63, 3.8) is 0 Å². The number of phenolic OH excluding ortho intramolecular Hbond substituents is 1. The molecule has 1 amide bonds. The number of aldehydes is 1. The Kier molecular flexibility index (Phi) is 4.30. The Balaban J connectivity index is 2.69. The lowest BCUT2D eigenvalue weighted by Crippen LogP contribution is -2.27. The van der Waals surface area contributed by atoms with Crippen LogP contribution in [-0.2, 0) is 11.2 Å². The van der Waals surface area contributed by atoms with Gasteiger partial charge in [-0.2, -0.15) is 0 Å². The molecular formula is C16H17NO5. The molecule has 6 heteroatoms. The van der Waals surface area contributed by atoms with Crippen molar-refractivity contribution in [1.82, 2.24) is 0 Å². The van der Waals surface area contributed by atoms with E-state index in [0.29, 0.717) is 24.0 Å². The molecule has 6 nitrogen and oxygen atoms in total. The highest BCUT2D eigenvalue weighted by Crippen LogP contribution is 2.26. The lowest BCUT2D eigenvalue weighted by atomic mass is 9.94. The third kappa shape index (κ3) is 2.59. The highest BCUT2D eigenvalue weighted by atomic mass is 16.3. The van der Waals surface area contributed by atoms with Gasteiger partial charge >= 0.3 is 0 Å². The van der Waals surface area contributed by atoms with E-state index in [1.165, 1.54) is 12.1 Å². The van der Waals surface area contributed by atoms with E-state index in [2.05, 4.69) is 0 Å². The number of primary amides is 1. The van der Waals surface area contributed by atoms with E-state index in [4.69, 9.17) is 10.2 Å². The van der Waals surface area contributed by atoms with E-state index in [0.717, 1.165) is 0 Å². The van der Waals surface area contributed by atoms with Crippen molar-refractivity contribution < 1.29 is 19.1 Å². The topological polar surface area (TPSA) is 111 Å². The molecule has 1 aromatic heterocycles. The molecule has 0 aliphatic carbocycles. The van der Waals surface area contributed by atoms with E-state index in [1.54, 1.807) is 6.92 Å². The molecule has 0 aliphatic rings. The molecule has 0 spiro atoms. The van der Waals surface area contributed by atoms with Gasteiger partial charge < -0.3 is 15.3 Å². The molecule has 22 heavy (non-hydrogen) atoms. The van der Waals surface area contributed by atoms with Crippen LogP contribution < -0.4 is 11.2 Å². The van der Waals surface area contributed by atoms with Crippen LogP contribution in [0.2, 0.25) is 0 Å². The zero-order valence-corrected chi connectivity index (χ0v) is 12.4. The van der Waals surface area contributed by atoms with E-state index in [-0.39, 0.29) is 34.1 Å². The van der Waals surface area contributed by atoms with Crippen LogP contribution in [0.4, 0.5) is 0 Å². The zero-order valence-electron chi connectivity index (χ0n) is 12.4. The number of aryl methyl sites for hydroxylation is 1. The molecule has 0 radical (unpaired) electrons. The molecule has 0 bridgehead atoms. The van der Waals surface area contributed by atoms with Crippen LogP contribution in [0, 0.1) is 12.8 Å². The number of phenols is 1. The standard InChI is InChI=1S/C16H17NO5/c1-3-9(16(17)21)6-11-8(2)22-15-10(14(11)20)4-5-13(19)12(15)7-18/h4-5,7,9,19H,3,6H2,1-2H3,(H2,17,21). The zero-order chi connectivity index (χ0) is 16.4. The number of nitrogens with two attached hydrogens (primary N) is 1.